The number of carbonyl (C=O) groups is 1. The summed E-state index contributed by atoms with van der Waals surface area (Å²) in [5, 5.41) is 11.7. The van der Waals surface area contributed by atoms with Crippen LogP contribution in [-0.2, 0) is 13.0 Å². The number of aryl methyl sites for hydroxylation is 2. The fraction of sp³-hybridized carbons (Fsp3) is 0.286. The van der Waals surface area contributed by atoms with Gasteiger partial charge in [0.2, 0.25) is 0 Å². The highest BCUT2D eigenvalue weighted by molar-refractivity contribution is 6.06. The number of nitrogens with zero attached hydrogens (tertiary/aromatic N) is 3. The van der Waals surface area contributed by atoms with E-state index >= 15 is 0 Å². The summed E-state index contributed by atoms with van der Waals surface area (Å²) < 4.78 is 2.20. The van der Waals surface area contributed by atoms with Crippen molar-refractivity contribution >= 4 is 17.3 Å². The maximum absolute atomic E-state index is 12.7. The molecule has 0 unspecified atom stereocenters. The number of carbonyl (C=O) groups excluding carboxylic acids is 1. The van der Waals surface area contributed by atoms with Gasteiger partial charge in [-0.2, -0.15) is 0 Å². The van der Waals surface area contributed by atoms with Gasteiger partial charge < -0.3 is 15.6 Å². The number of benzene rings is 2. The molecule has 1 amide bonds. The molecule has 0 saturated carbocycles. The van der Waals surface area contributed by atoms with E-state index in [1.165, 1.54) is 6.42 Å². The van der Waals surface area contributed by atoms with E-state index in [9.17, 15) is 4.79 Å². The highest BCUT2D eigenvalue weighted by Gasteiger charge is 2.17. The van der Waals surface area contributed by atoms with E-state index in [1.807, 2.05) is 37.3 Å². The summed E-state index contributed by atoms with van der Waals surface area (Å²) in [4.78, 5) is 12.7. The summed E-state index contributed by atoms with van der Waals surface area (Å²) in [5.74, 6) is 1.74. The lowest BCUT2D eigenvalue weighted by molar-refractivity contribution is 0.102. The molecule has 1 aliphatic rings. The van der Waals surface area contributed by atoms with Crippen LogP contribution in [0.1, 0.15) is 41.0 Å². The molecule has 6 nitrogen and oxygen atoms in total. The van der Waals surface area contributed by atoms with Gasteiger partial charge in [-0.05, 0) is 49.6 Å². The summed E-state index contributed by atoms with van der Waals surface area (Å²) in [6.45, 7) is 2.84. The summed E-state index contributed by atoms with van der Waals surface area (Å²) >= 11 is 0. The largest absolute Gasteiger partial charge is 0.399 e. The van der Waals surface area contributed by atoms with Crippen molar-refractivity contribution in [1.82, 2.24) is 14.8 Å². The van der Waals surface area contributed by atoms with Gasteiger partial charge in [-0.25, -0.2) is 0 Å². The van der Waals surface area contributed by atoms with Crippen molar-refractivity contribution in [3.63, 3.8) is 0 Å². The molecular weight excluding hydrogens is 338 g/mol. The second-order valence-corrected chi connectivity index (χ2v) is 7.01. The SMILES string of the molecule is Cc1ccc(N)cc1C(=O)Nc1cccc(-c2nnc3n2CCCCC3)c1. The number of hydrogen-bond donors (Lipinski definition) is 2. The van der Waals surface area contributed by atoms with Crippen LogP contribution in [0.3, 0.4) is 0 Å². The molecule has 0 fully saturated rings. The Balaban J connectivity index is 1.61. The van der Waals surface area contributed by atoms with Crippen LogP contribution in [0.5, 0.6) is 0 Å². The van der Waals surface area contributed by atoms with Crippen LogP contribution in [0, 0.1) is 6.92 Å². The summed E-state index contributed by atoms with van der Waals surface area (Å²) in [6, 6.07) is 13.1. The molecule has 2 heterocycles. The summed E-state index contributed by atoms with van der Waals surface area (Å²) in [6.07, 6.45) is 4.49. The Kier molecular flexibility index (Phi) is 4.62. The first-order valence-electron chi connectivity index (χ1n) is 9.32. The molecule has 0 bridgehead atoms. The quantitative estimate of drug-likeness (QED) is 0.695. The molecule has 138 valence electrons. The van der Waals surface area contributed by atoms with Crippen LogP contribution in [0.4, 0.5) is 11.4 Å². The Bertz CT molecular complexity index is 992. The van der Waals surface area contributed by atoms with Gasteiger partial charge in [-0.3, -0.25) is 4.79 Å². The van der Waals surface area contributed by atoms with E-state index in [1.54, 1.807) is 12.1 Å². The number of nitrogens with two attached hydrogens (primary N) is 1. The first-order chi connectivity index (χ1) is 13.1. The Morgan fingerprint density at radius 1 is 1.11 bits per heavy atom. The second kappa shape index (κ2) is 7.23. The maximum Gasteiger partial charge on any atom is 0.256 e. The number of aromatic nitrogens is 3. The zero-order valence-electron chi connectivity index (χ0n) is 15.4. The van der Waals surface area contributed by atoms with Crippen LogP contribution < -0.4 is 11.1 Å². The molecule has 2 aromatic carbocycles. The third-order valence-corrected chi connectivity index (χ3v) is 4.99. The molecule has 1 aromatic heterocycles. The average molecular weight is 361 g/mol. The van der Waals surface area contributed by atoms with E-state index in [0.717, 1.165) is 54.3 Å². The van der Waals surface area contributed by atoms with Crippen molar-refractivity contribution < 1.29 is 4.79 Å². The molecular formula is C21H23N5O. The van der Waals surface area contributed by atoms with E-state index in [2.05, 4.69) is 20.1 Å². The molecule has 3 aromatic rings. The summed E-state index contributed by atoms with van der Waals surface area (Å²) in [5.41, 5.74) is 9.55. The fourth-order valence-corrected chi connectivity index (χ4v) is 3.52. The number of hydrogen-bond acceptors (Lipinski definition) is 4. The Morgan fingerprint density at radius 2 is 2.00 bits per heavy atom. The van der Waals surface area contributed by atoms with Crippen LogP contribution in [0.25, 0.3) is 11.4 Å². The first-order valence-corrected chi connectivity index (χ1v) is 9.32. The number of nitrogen functional groups attached to an aromatic ring is 1. The Hall–Kier alpha value is -3.15. The number of anilines is 2. The van der Waals surface area contributed by atoms with Gasteiger partial charge in [-0.1, -0.05) is 24.6 Å². The van der Waals surface area contributed by atoms with E-state index in [4.69, 9.17) is 5.73 Å². The van der Waals surface area contributed by atoms with Gasteiger partial charge in [0, 0.05) is 35.5 Å². The minimum absolute atomic E-state index is 0.169. The summed E-state index contributed by atoms with van der Waals surface area (Å²) in [7, 11) is 0. The fourth-order valence-electron chi connectivity index (χ4n) is 3.52. The normalized spacial score (nSPS) is 13.7. The van der Waals surface area contributed by atoms with Crippen molar-refractivity contribution in [3.8, 4) is 11.4 Å². The smallest absolute Gasteiger partial charge is 0.256 e. The minimum atomic E-state index is -0.169. The number of rotatable bonds is 3. The van der Waals surface area contributed by atoms with Gasteiger partial charge >= 0.3 is 0 Å². The zero-order valence-corrected chi connectivity index (χ0v) is 15.4. The van der Waals surface area contributed by atoms with Gasteiger partial charge in [0.1, 0.15) is 5.82 Å². The average Bonchev–Trinajstić information content (AvgIpc) is 2.92. The highest BCUT2D eigenvalue weighted by atomic mass is 16.1. The van der Waals surface area contributed by atoms with E-state index in [0.29, 0.717) is 11.3 Å². The first kappa shape index (κ1) is 17.3. The molecule has 6 heteroatoms. The number of fused-ring (bicyclic) bond motifs is 1. The monoisotopic (exact) mass is 361 g/mol. The van der Waals surface area contributed by atoms with E-state index < -0.39 is 0 Å². The van der Waals surface area contributed by atoms with Gasteiger partial charge in [0.05, 0.1) is 0 Å². The van der Waals surface area contributed by atoms with Crippen molar-refractivity contribution in [2.75, 3.05) is 11.1 Å². The van der Waals surface area contributed by atoms with Gasteiger partial charge in [0.25, 0.3) is 5.91 Å². The minimum Gasteiger partial charge on any atom is -0.399 e. The topological polar surface area (TPSA) is 85.8 Å². The Labute approximate surface area is 158 Å². The molecule has 1 aliphatic heterocycles. The molecule has 27 heavy (non-hydrogen) atoms. The lowest BCUT2D eigenvalue weighted by Gasteiger charge is -2.11. The molecule has 0 atom stereocenters. The van der Waals surface area contributed by atoms with Crippen molar-refractivity contribution in [1.29, 1.82) is 0 Å². The zero-order chi connectivity index (χ0) is 18.8. The van der Waals surface area contributed by atoms with Gasteiger partial charge in [-0.15, -0.1) is 10.2 Å². The lowest BCUT2D eigenvalue weighted by Crippen LogP contribution is -2.14. The van der Waals surface area contributed by atoms with Crippen LogP contribution in [0.2, 0.25) is 0 Å². The second-order valence-electron chi connectivity index (χ2n) is 7.01. The standard InChI is InChI=1S/C21H23N5O/c1-14-9-10-16(22)13-18(14)21(27)23-17-7-5-6-15(12-17)20-25-24-19-8-3-2-4-11-26(19)20/h5-7,9-10,12-13H,2-4,8,11,22H2,1H3,(H,23,27). The lowest BCUT2D eigenvalue weighted by atomic mass is 10.1. The molecule has 0 saturated heterocycles. The van der Waals surface area contributed by atoms with Crippen LogP contribution in [0.15, 0.2) is 42.5 Å². The Morgan fingerprint density at radius 3 is 2.89 bits per heavy atom. The number of amides is 1. The van der Waals surface area contributed by atoms with Crippen LogP contribution >= 0.6 is 0 Å². The van der Waals surface area contributed by atoms with Crippen molar-refractivity contribution in [3.05, 3.63) is 59.4 Å². The third kappa shape index (κ3) is 3.56. The molecule has 0 radical (unpaired) electrons. The molecule has 3 N–H and O–H groups in total. The molecule has 0 spiro atoms. The predicted molar refractivity (Wildman–Crippen MR) is 107 cm³/mol. The third-order valence-electron chi connectivity index (χ3n) is 4.99. The molecule has 0 aliphatic carbocycles. The molecule has 4 rings (SSSR count). The predicted octanol–water partition coefficient (Wildman–Crippen LogP) is 3.81. The van der Waals surface area contributed by atoms with Gasteiger partial charge in [0.15, 0.2) is 5.82 Å². The van der Waals surface area contributed by atoms with Crippen LogP contribution in [-0.4, -0.2) is 20.7 Å². The highest BCUT2D eigenvalue weighted by Crippen LogP contribution is 2.25. The van der Waals surface area contributed by atoms with E-state index in [-0.39, 0.29) is 5.91 Å². The number of nitrogens with one attached hydrogen (secondary N) is 1. The van der Waals surface area contributed by atoms with Crippen molar-refractivity contribution in [2.45, 2.75) is 39.2 Å². The van der Waals surface area contributed by atoms with Crippen molar-refractivity contribution in [2.24, 2.45) is 0 Å². The maximum atomic E-state index is 12.7.